The van der Waals surface area contributed by atoms with Gasteiger partial charge in [-0.05, 0) is 45.7 Å². The number of anilines is 2. The molecular formula is C23H30N8O2. The molecule has 4 heterocycles. The predicted molar refractivity (Wildman–Crippen MR) is 127 cm³/mol. The van der Waals surface area contributed by atoms with Crippen molar-refractivity contribution in [2.45, 2.75) is 51.2 Å². The number of hydrogen-bond donors (Lipinski definition) is 2. The Morgan fingerprint density at radius 1 is 1.27 bits per heavy atom. The molecule has 10 nitrogen and oxygen atoms in total. The quantitative estimate of drug-likeness (QED) is 0.476. The van der Waals surface area contributed by atoms with E-state index < -0.39 is 5.60 Å². The number of piperidine rings is 1. The van der Waals surface area contributed by atoms with E-state index in [0.717, 1.165) is 42.8 Å². The number of ether oxygens (including phenoxy) is 1. The van der Waals surface area contributed by atoms with Crippen molar-refractivity contribution in [1.82, 2.24) is 29.4 Å². The van der Waals surface area contributed by atoms with E-state index in [4.69, 9.17) is 20.6 Å². The predicted octanol–water partition coefficient (Wildman–Crippen LogP) is 2.78. The zero-order valence-corrected chi connectivity index (χ0v) is 19.4. The molecule has 174 valence electrons. The number of para-hydroxylation sites is 1. The van der Waals surface area contributed by atoms with Crippen LogP contribution in [-0.2, 0) is 0 Å². The van der Waals surface area contributed by atoms with Gasteiger partial charge in [0.25, 0.3) is 0 Å². The highest BCUT2D eigenvalue weighted by atomic mass is 16.5. The van der Waals surface area contributed by atoms with Crippen molar-refractivity contribution in [2.75, 3.05) is 30.8 Å². The molecule has 0 amide bonds. The lowest BCUT2D eigenvalue weighted by atomic mass is 9.97. The minimum atomic E-state index is -0.854. The first kappa shape index (κ1) is 21.4. The zero-order chi connectivity index (χ0) is 23.3. The fourth-order valence-electron chi connectivity index (χ4n) is 4.43. The van der Waals surface area contributed by atoms with Crippen LogP contribution < -0.4 is 15.4 Å². The summed E-state index contributed by atoms with van der Waals surface area (Å²) in [6, 6.07) is 5.61. The van der Waals surface area contributed by atoms with E-state index in [2.05, 4.69) is 15.0 Å². The van der Waals surface area contributed by atoms with Crippen LogP contribution in [-0.4, -0.2) is 60.3 Å². The van der Waals surface area contributed by atoms with Gasteiger partial charge >= 0.3 is 0 Å². The summed E-state index contributed by atoms with van der Waals surface area (Å²) < 4.78 is 8.90. The summed E-state index contributed by atoms with van der Waals surface area (Å²) in [6.45, 7) is 7.29. The highest BCUT2D eigenvalue weighted by molar-refractivity contribution is 5.95. The van der Waals surface area contributed by atoms with E-state index in [-0.39, 0.29) is 17.9 Å². The van der Waals surface area contributed by atoms with Crippen LogP contribution in [0.3, 0.4) is 0 Å². The number of aromatic nitrogens is 6. The number of rotatable bonds is 5. The number of aliphatic hydroxyl groups is 1. The molecule has 33 heavy (non-hydrogen) atoms. The smallest absolute Gasteiger partial charge is 0.223 e. The summed E-state index contributed by atoms with van der Waals surface area (Å²) in [6.07, 6.45) is 5.89. The van der Waals surface area contributed by atoms with Crippen LogP contribution in [0.15, 0.2) is 30.6 Å². The van der Waals surface area contributed by atoms with Crippen LogP contribution in [0.25, 0.3) is 16.6 Å². The van der Waals surface area contributed by atoms with E-state index in [1.807, 2.05) is 42.2 Å². The third kappa shape index (κ3) is 3.74. The number of hydrogen-bond acceptors (Lipinski definition) is 8. The van der Waals surface area contributed by atoms with Crippen molar-refractivity contribution < 1.29 is 9.84 Å². The molecule has 1 fully saturated rings. The molecule has 3 aromatic heterocycles. The Morgan fingerprint density at radius 2 is 2.09 bits per heavy atom. The highest BCUT2D eigenvalue weighted by Crippen LogP contribution is 2.32. The molecule has 0 aliphatic carbocycles. The van der Waals surface area contributed by atoms with Gasteiger partial charge in [0.05, 0.1) is 30.6 Å². The Kier molecular flexibility index (Phi) is 5.12. The first-order valence-corrected chi connectivity index (χ1v) is 11.3. The van der Waals surface area contributed by atoms with E-state index in [1.54, 1.807) is 25.5 Å². The molecule has 0 bridgehead atoms. The lowest BCUT2D eigenvalue weighted by Gasteiger charge is -2.32. The maximum Gasteiger partial charge on any atom is 0.223 e. The second kappa shape index (κ2) is 7.87. The number of nitrogens with two attached hydrogens (primary N) is 1. The summed E-state index contributed by atoms with van der Waals surface area (Å²) in [5.41, 5.74) is 7.78. The monoisotopic (exact) mass is 450 g/mol. The maximum absolute atomic E-state index is 10.3. The normalized spacial score (nSPS) is 18.2. The summed E-state index contributed by atoms with van der Waals surface area (Å²) in [4.78, 5) is 11.7. The SMILES string of the molecule is COc1cccc2c1nc(N)n1nc([C@@H]3CCCN(c4cnn([C@H](C)C(C)(C)O)c4)C3)nc21. The minimum absolute atomic E-state index is 0.132. The zero-order valence-electron chi connectivity index (χ0n) is 19.4. The summed E-state index contributed by atoms with van der Waals surface area (Å²) in [7, 11) is 1.62. The Balaban J connectivity index is 1.45. The summed E-state index contributed by atoms with van der Waals surface area (Å²) in [5, 5.41) is 20.4. The van der Waals surface area contributed by atoms with Crippen LogP contribution in [0.4, 0.5) is 11.6 Å². The molecule has 5 rings (SSSR count). The third-order valence-corrected chi connectivity index (χ3v) is 6.69. The van der Waals surface area contributed by atoms with E-state index >= 15 is 0 Å². The van der Waals surface area contributed by atoms with E-state index in [0.29, 0.717) is 16.9 Å². The van der Waals surface area contributed by atoms with Crippen molar-refractivity contribution in [3.05, 3.63) is 36.4 Å². The second-order valence-electron chi connectivity index (χ2n) is 9.33. The van der Waals surface area contributed by atoms with Gasteiger partial charge in [-0.2, -0.15) is 9.61 Å². The Bertz CT molecular complexity index is 1310. The Morgan fingerprint density at radius 3 is 2.85 bits per heavy atom. The average Bonchev–Trinajstić information content (AvgIpc) is 3.46. The number of benzene rings is 1. The standard InChI is InChI=1S/C23H30N8O2/c1-14(23(2,3)32)30-13-16(11-25-30)29-10-6-7-15(12-29)20-27-21-17-8-5-9-18(33-4)19(17)26-22(24)31(21)28-20/h5,8-9,11,13-15,32H,6-7,10,12H2,1-4H3,(H2,24,26)/t14-,15-/m1/s1. The first-order chi connectivity index (χ1) is 15.8. The van der Waals surface area contributed by atoms with Crippen molar-refractivity contribution in [1.29, 1.82) is 0 Å². The van der Waals surface area contributed by atoms with E-state index in [1.165, 1.54) is 0 Å². The van der Waals surface area contributed by atoms with Crippen molar-refractivity contribution in [3.63, 3.8) is 0 Å². The second-order valence-corrected chi connectivity index (χ2v) is 9.33. The highest BCUT2D eigenvalue weighted by Gasteiger charge is 2.29. The van der Waals surface area contributed by atoms with Gasteiger partial charge in [0, 0.05) is 30.6 Å². The molecule has 3 N–H and O–H groups in total. The van der Waals surface area contributed by atoms with Gasteiger partial charge < -0.3 is 20.5 Å². The van der Waals surface area contributed by atoms with Crippen LogP contribution in [0.1, 0.15) is 51.4 Å². The Hall–Kier alpha value is -3.40. The maximum atomic E-state index is 10.3. The molecule has 1 aliphatic rings. The van der Waals surface area contributed by atoms with Gasteiger partial charge in [0.2, 0.25) is 5.95 Å². The molecule has 0 unspecified atom stereocenters. The van der Waals surface area contributed by atoms with Gasteiger partial charge in [-0.3, -0.25) is 4.68 Å². The van der Waals surface area contributed by atoms with E-state index in [9.17, 15) is 5.11 Å². The largest absolute Gasteiger partial charge is 0.494 e. The summed E-state index contributed by atoms with van der Waals surface area (Å²) >= 11 is 0. The Labute approximate surface area is 192 Å². The van der Waals surface area contributed by atoms with Gasteiger partial charge in [-0.25, -0.2) is 9.97 Å². The molecule has 4 aromatic rings. The fraction of sp³-hybridized carbons (Fsp3) is 0.478. The van der Waals surface area contributed by atoms with Gasteiger partial charge in [-0.1, -0.05) is 6.07 Å². The molecule has 10 heteroatoms. The number of methoxy groups -OCH3 is 1. The molecule has 1 aliphatic heterocycles. The molecule has 0 saturated carbocycles. The van der Waals surface area contributed by atoms with Crippen LogP contribution in [0.2, 0.25) is 0 Å². The molecule has 2 atom stereocenters. The molecule has 0 spiro atoms. The molecular weight excluding hydrogens is 420 g/mol. The molecule has 0 radical (unpaired) electrons. The topological polar surface area (TPSA) is 120 Å². The average molecular weight is 451 g/mol. The first-order valence-electron chi connectivity index (χ1n) is 11.3. The van der Waals surface area contributed by atoms with Crippen LogP contribution in [0, 0.1) is 0 Å². The summed E-state index contributed by atoms with van der Waals surface area (Å²) in [5.74, 6) is 1.87. The van der Waals surface area contributed by atoms with Gasteiger partial charge in [-0.15, -0.1) is 5.10 Å². The van der Waals surface area contributed by atoms with Gasteiger partial charge in [0.1, 0.15) is 11.3 Å². The fourth-order valence-corrected chi connectivity index (χ4v) is 4.43. The third-order valence-electron chi connectivity index (χ3n) is 6.69. The van der Waals surface area contributed by atoms with Crippen LogP contribution in [0.5, 0.6) is 5.75 Å². The number of nitrogens with zero attached hydrogens (tertiary/aromatic N) is 7. The van der Waals surface area contributed by atoms with Crippen molar-refractivity contribution >= 4 is 28.2 Å². The molecule has 1 aromatic carbocycles. The number of fused-ring (bicyclic) bond motifs is 3. The van der Waals surface area contributed by atoms with Crippen molar-refractivity contribution in [3.8, 4) is 5.75 Å². The van der Waals surface area contributed by atoms with Crippen LogP contribution >= 0.6 is 0 Å². The van der Waals surface area contributed by atoms with Gasteiger partial charge in [0.15, 0.2) is 11.5 Å². The lowest BCUT2D eigenvalue weighted by Crippen LogP contribution is -2.34. The van der Waals surface area contributed by atoms with Crippen molar-refractivity contribution in [2.24, 2.45) is 0 Å². The lowest BCUT2D eigenvalue weighted by molar-refractivity contribution is 0.0258. The molecule has 1 saturated heterocycles. The number of nitrogen functional groups attached to an aromatic ring is 1. The minimum Gasteiger partial charge on any atom is -0.494 e.